The van der Waals surface area contributed by atoms with Gasteiger partial charge < -0.3 is 14.9 Å². The summed E-state index contributed by atoms with van der Waals surface area (Å²) in [6, 6.07) is 0. The summed E-state index contributed by atoms with van der Waals surface area (Å²) in [6.07, 6.45) is 3.60. The van der Waals surface area contributed by atoms with Crippen molar-refractivity contribution in [1.29, 1.82) is 0 Å². The SMILES string of the molecule is CCCCCNCCC[N+](C)(C)CC(O)CS(=O)(=O)O. The molecule has 122 valence electrons. The minimum atomic E-state index is -4.11. The fourth-order valence-electron chi connectivity index (χ4n) is 2.21. The van der Waals surface area contributed by atoms with Gasteiger partial charge in [0.25, 0.3) is 10.1 Å². The van der Waals surface area contributed by atoms with E-state index in [0.29, 0.717) is 11.0 Å². The summed E-state index contributed by atoms with van der Waals surface area (Å²) in [5, 5.41) is 13.0. The molecule has 0 spiro atoms. The Hall–Kier alpha value is -0.210. The van der Waals surface area contributed by atoms with Crippen molar-refractivity contribution in [2.45, 2.75) is 38.7 Å². The summed E-state index contributed by atoms with van der Waals surface area (Å²) in [7, 11) is -0.209. The van der Waals surface area contributed by atoms with Gasteiger partial charge in [0.15, 0.2) is 0 Å². The first kappa shape index (κ1) is 19.8. The normalized spacial score (nSPS) is 14.4. The molecule has 0 heterocycles. The molecule has 0 saturated heterocycles. The van der Waals surface area contributed by atoms with Crippen LogP contribution in [0.2, 0.25) is 0 Å². The average molecular weight is 311 g/mol. The number of nitrogens with one attached hydrogen (secondary N) is 1. The van der Waals surface area contributed by atoms with E-state index in [1.54, 1.807) is 0 Å². The Balaban J connectivity index is 3.78. The number of nitrogens with zero attached hydrogens (tertiary/aromatic N) is 1. The maximum Gasteiger partial charge on any atom is 0.267 e. The zero-order chi connectivity index (χ0) is 15.6. The lowest BCUT2D eigenvalue weighted by atomic mass is 10.2. The van der Waals surface area contributed by atoms with E-state index in [-0.39, 0.29) is 0 Å². The van der Waals surface area contributed by atoms with Crippen LogP contribution in [0, 0.1) is 0 Å². The second kappa shape index (κ2) is 9.68. The van der Waals surface area contributed by atoms with E-state index in [9.17, 15) is 13.5 Å². The van der Waals surface area contributed by atoms with Gasteiger partial charge >= 0.3 is 0 Å². The van der Waals surface area contributed by atoms with Crippen LogP contribution in [0.5, 0.6) is 0 Å². The summed E-state index contributed by atoms with van der Waals surface area (Å²) < 4.78 is 30.6. The first-order valence-corrected chi connectivity index (χ1v) is 8.93. The van der Waals surface area contributed by atoms with E-state index in [1.165, 1.54) is 19.3 Å². The molecular formula is C13H31N2O4S+. The number of aliphatic hydroxyl groups excluding tert-OH is 1. The number of unbranched alkanes of at least 4 members (excludes halogenated alkanes) is 2. The fraction of sp³-hybridized carbons (Fsp3) is 1.00. The van der Waals surface area contributed by atoms with Gasteiger partial charge in [0, 0.05) is 13.0 Å². The predicted octanol–water partition coefficient (Wildman–Crippen LogP) is 0.481. The zero-order valence-electron chi connectivity index (χ0n) is 13.0. The molecular weight excluding hydrogens is 280 g/mol. The molecule has 7 heteroatoms. The average Bonchev–Trinajstić information content (AvgIpc) is 2.24. The molecule has 20 heavy (non-hydrogen) atoms. The number of hydrogen-bond donors (Lipinski definition) is 3. The molecule has 0 amide bonds. The van der Waals surface area contributed by atoms with Gasteiger partial charge in [-0.1, -0.05) is 19.8 Å². The number of aliphatic hydroxyl groups is 1. The van der Waals surface area contributed by atoms with Gasteiger partial charge in [-0.3, -0.25) is 4.55 Å². The summed E-state index contributed by atoms with van der Waals surface area (Å²) in [6.45, 7) is 5.31. The Morgan fingerprint density at radius 2 is 1.75 bits per heavy atom. The molecule has 0 aromatic heterocycles. The zero-order valence-corrected chi connectivity index (χ0v) is 13.8. The minimum Gasteiger partial charge on any atom is -0.386 e. The third-order valence-corrected chi connectivity index (χ3v) is 3.99. The van der Waals surface area contributed by atoms with Crippen LogP contribution in [-0.2, 0) is 10.1 Å². The summed E-state index contributed by atoms with van der Waals surface area (Å²) >= 11 is 0. The first-order valence-electron chi connectivity index (χ1n) is 7.32. The van der Waals surface area contributed by atoms with Crippen molar-refractivity contribution < 1.29 is 22.6 Å². The van der Waals surface area contributed by atoms with Crippen molar-refractivity contribution in [1.82, 2.24) is 5.32 Å². The van der Waals surface area contributed by atoms with E-state index in [2.05, 4.69) is 12.2 Å². The molecule has 3 N–H and O–H groups in total. The van der Waals surface area contributed by atoms with Crippen molar-refractivity contribution in [3.63, 3.8) is 0 Å². The van der Waals surface area contributed by atoms with Crippen LogP contribution in [0.4, 0.5) is 0 Å². The second-order valence-corrected chi connectivity index (χ2v) is 7.55. The maximum atomic E-state index is 10.7. The van der Waals surface area contributed by atoms with Gasteiger partial charge in [-0.25, -0.2) is 0 Å². The Kier molecular flexibility index (Phi) is 9.58. The van der Waals surface area contributed by atoms with E-state index in [4.69, 9.17) is 4.55 Å². The summed E-state index contributed by atoms with van der Waals surface area (Å²) in [5.74, 6) is -0.593. The third kappa shape index (κ3) is 12.8. The Bertz CT molecular complexity index is 344. The summed E-state index contributed by atoms with van der Waals surface area (Å²) in [4.78, 5) is 0. The van der Waals surface area contributed by atoms with Crippen LogP contribution in [0.3, 0.4) is 0 Å². The monoisotopic (exact) mass is 311 g/mol. The fourth-order valence-corrected chi connectivity index (χ4v) is 2.81. The topological polar surface area (TPSA) is 86.6 Å². The largest absolute Gasteiger partial charge is 0.386 e. The van der Waals surface area contributed by atoms with Crippen molar-refractivity contribution in [3.05, 3.63) is 0 Å². The molecule has 1 atom stereocenters. The highest BCUT2D eigenvalue weighted by molar-refractivity contribution is 7.85. The van der Waals surface area contributed by atoms with Crippen LogP contribution in [0.25, 0.3) is 0 Å². The van der Waals surface area contributed by atoms with Crippen molar-refractivity contribution >= 4 is 10.1 Å². The number of rotatable bonds is 12. The van der Waals surface area contributed by atoms with Gasteiger partial charge in [0.05, 0.1) is 20.6 Å². The highest BCUT2D eigenvalue weighted by Gasteiger charge is 2.23. The molecule has 0 aromatic carbocycles. The lowest BCUT2D eigenvalue weighted by molar-refractivity contribution is -0.893. The van der Waals surface area contributed by atoms with Gasteiger partial charge in [-0.05, 0) is 13.0 Å². The first-order chi connectivity index (χ1) is 9.16. The summed E-state index contributed by atoms with van der Waals surface area (Å²) in [5.41, 5.74) is 0. The van der Waals surface area contributed by atoms with Crippen LogP contribution >= 0.6 is 0 Å². The molecule has 0 radical (unpaired) electrons. The second-order valence-electron chi connectivity index (χ2n) is 6.05. The molecule has 0 bridgehead atoms. The lowest BCUT2D eigenvalue weighted by Crippen LogP contribution is -2.48. The standard InChI is InChI=1S/C13H30N2O4S/c1-4-5-6-8-14-9-7-10-15(2,3)11-13(16)12-20(17,18)19/h13-14,16H,4-12H2,1-3H3/p+1. The minimum absolute atomic E-state index is 0.315. The Morgan fingerprint density at radius 1 is 1.15 bits per heavy atom. The van der Waals surface area contributed by atoms with E-state index in [0.717, 1.165) is 26.1 Å². The van der Waals surface area contributed by atoms with Gasteiger partial charge in [0.1, 0.15) is 18.4 Å². The third-order valence-electron chi connectivity index (χ3n) is 3.18. The smallest absolute Gasteiger partial charge is 0.267 e. The Labute approximate surface area is 123 Å². The van der Waals surface area contributed by atoms with Gasteiger partial charge in [0.2, 0.25) is 0 Å². The quantitative estimate of drug-likeness (QED) is 0.277. The molecule has 0 aromatic rings. The van der Waals surface area contributed by atoms with E-state index >= 15 is 0 Å². The van der Waals surface area contributed by atoms with E-state index < -0.39 is 22.0 Å². The molecule has 6 nitrogen and oxygen atoms in total. The van der Waals surface area contributed by atoms with Crippen LogP contribution in [-0.4, -0.2) is 74.7 Å². The number of hydrogen-bond acceptors (Lipinski definition) is 4. The predicted molar refractivity (Wildman–Crippen MR) is 81.3 cm³/mol. The van der Waals surface area contributed by atoms with Gasteiger partial charge in [-0.15, -0.1) is 0 Å². The van der Waals surface area contributed by atoms with Crippen LogP contribution in [0.15, 0.2) is 0 Å². The molecule has 0 rings (SSSR count). The molecule has 0 aliphatic heterocycles. The maximum absolute atomic E-state index is 10.7. The molecule has 0 fully saturated rings. The van der Waals surface area contributed by atoms with Crippen LogP contribution in [0.1, 0.15) is 32.6 Å². The molecule has 0 saturated carbocycles. The number of quaternary nitrogens is 1. The Morgan fingerprint density at radius 3 is 2.30 bits per heavy atom. The lowest BCUT2D eigenvalue weighted by Gasteiger charge is -2.31. The number of likely N-dealkylation sites (N-methyl/N-ethyl adjacent to an activating group) is 1. The van der Waals surface area contributed by atoms with Crippen molar-refractivity contribution in [3.8, 4) is 0 Å². The molecule has 0 aliphatic rings. The van der Waals surface area contributed by atoms with Crippen LogP contribution < -0.4 is 5.32 Å². The van der Waals surface area contributed by atoms with Gasteiger partial charge in [-0.2, -0.15) is 8.42 Å². The van der Waals surface area contributed by atoms with Crippen molar-refractivity contribution in [2.75, 3.05) is 46.0 Å². The molecule has 1 unspecified atom stereocenters. The van der Waals surface area contributed by atoms with E-state index in [1.807, 2.05) is 14.1 Å². The highest BCUT2D eigenvalue weighted by Crippen LogP contribution is 2.03. The highest BCUT2D eigenvalue weighted by atomic mass is 32.2. The molecule has 0 aliphatic carbocycles. The van der Waals surface area contributed by atoms with Crippen molar-refractivity contribution in [2.24, 2.45) is 0 Å².